The predicted molar refractivity (Wildman–Crippen MR) is 92.1 cm³/mol. The van der Waals surface area contributed by atoms with E-state index in [1.54, 1.807) is 18.6 Å². The van der Waals surface area contributed by atoms with Crippen LogP contribution in [0.1, 0.15) is 17.3 Å². The third-order valence-corrected chi connectivity index (χ3v) is 4.05. The topological polar surface area (TPSA) is 77.8 Å². The molecular weight excluding hydrogens is 300 g/mol. The van der Waals surface area contributed by atoms with Crippen molar-refractivity contribution in [1.29, 1.82) is 0 Å². The van der Waals surface area contributed by atoms with Crippen LogP contribution in [0.15, 0.2) is 71.6 Å². The summed E-state index contributed by atoms with van der Waals surface area (Å²) in [5.41, 5.74) is 10.9. The lowest BCUT2D eigenvalue weighted by atomic mass is 9.94. The van der Waals surface area contributed by atoms with Crippen LogP contribution in [0.5, 0.6) is 0 Å². The molecule has 0 aliphatic carbocycles. The van der Waals surface area contributed by atoms with Crippen LogP contribution in [0.4, 0.5) is 0 Å². The van der Waals surface area contributed by atoms with Gasteiger partial charge in [-0.3, -0.25) is 9.97 Å². The molecule has 2 N–H and O–H groups in total. The Labute approximate surface area is 139 Å². The van der Waals surface area contributed by atoms with Gasteiger partial charge >= 0.3 is 0 Å². The van der Waals surface area contributed by atoms with E-state index in [4.69, 9.17) is 10.3 Å². The highest BCUT2D eigenvalue weighted by Crippen LogP contribution is 2.32. The van der Waals surface area contributed by atoms with E-state index in [-0.39, 0.29) is 6.04 Å². The van der Waals surface area contributed by atoms with Gasteiger partial charge in [0.15, 0.2) is 5.58 Å². The Morgan fingerprint density at radius 1 is 1.00 bits per heavy atom. The Bertz CT molecular complexity index is 965. The summed E-state index contributed by atoms with van der Waals surface area (Å²) in [6, 6.07) is 15.6. The second kappa shape index (κ2) is 6.22. The van der Waals surface area contributed by atoms with Gasteiger partial charge in [-0.1, -0.05) is 35.5 Å². The van der Waals surface area contributed by atoms with E-state index in [0.717, 1.165) is 27.9 Å². The summed E-state index contributed by atoms with van der Waals surface area (Å²) in [6.45, 7) is 0. The highest BCUT2D eigenvalue weighted by Gasteiger charge is 2.17. The fourth-order valence-corrected chi connectivity index (χ4v) is 2.88. The molecule has 0 saturated heterocycles. The zero-order valence-electron chi connectivity index (χ0n) is 13.0. The molecular formula is C19H16N4O. The van der Waals surface area contributed by atoms with Gasteiger partial charge in [-0.05, 0) is 23.8 Å². The van der Waals surface area contributed by atoms with Gasteiger partial charge in [-0.25, -0.2) is 0 Å². The minimum absolute atomic E-state index is 0.176. The third kappa shape index (κ3) is 2.66. The van der Waals surface area contributed by atoms with Crippen molar-refractivity contribution >= 4 is 11.0 Å². The second-order valence-electron chi connectivity index (χ2n) is 5.62. The number of fused-ring (bicyclic) bond motifs is 1. The monoisotopic (exact) mass is 316 g/mol. The van der Waals surface area contributed by atoms with E-state index in [1.807, 2.05) is 48.5 Å². The van der Waals surface area contributed by atoms with Crippen molar-refractivity contribution in [2.75, 3.05) is 0 Å². The van der Waals surface area contributed by atoms with Gasteiger partial charge in [0.1, 0.15) is 5.69 Å². The lowest BCUT2D eigenvalue weighted by molar-refractivity contribution is 0.458. The zero-order valence-corrected chi connectivity index (χ0v) is 13.0. The molecule has 0 amide bonds. The van der Waals surface area contributed by atoms with Crippen LogP contribution in [-0.4, -0.2) is 15.1 Å². The van der Waals surface area contributed by atoms with E-state index < -0.39 is 0 Å². The highest BCUT2D eigenvalue weighted by atomic mass is 16.5. The van der Waals surface area contributed by atoms with Crippen LogP contribution in [-0.2, 0) is 6.42 Å². The molecule has 4 aromatic rings. The smallest absolute Gasteiger partial charge is 0.185 e. The van der Waals surface area contributed by atoms with Gasteiger partial charge in [0.25, 0.3) is 0 Å². The largest absolute Gasteiger partial charge is 0.354 e. The standard InChI is InChI=1S/C19H16N4O/c20-17(11-13-5-3-4-9-22-13)14-6-1-2-7-15(14)19-16-8-10-21-12-18(16)24-23-19/h1-10,12,17H,11,20H2. The molecule has 3 aromatic heterocycles. The van der Waals surface area contributed by atoms with E-state index in [0.29, 0.717) is 12.0 Å². The van der Waals surface area contributed by atoms with Crippen molar-refractivity contribution in [3.63, 3.8) is 0 Å². The molecule has 3 heterocycles. The minimum Gasteiger partial charge on any atom is -0.354 e. The normalized spacial score (nSPS) is 12.4. The number of nitrogens with two attached hydrogens (primary N) is 1. The molecule has 0 radical (unpaired) electrons. The maximum Gasteiger partial charge on any atom is 0.185 e. The van der Waals surface area contributed by atoms with E-state index >= 15 is 0 Å². The average Bonchev–Trinajstić information content (AvgIpc) is 3.06. The summed E-state index contributed by atoms with van der Waals surface area (Å²) in [4.78, 5) is 8.43. The maximum absolute atomic E-state index is 6.47. The van der Waals surface area contributed by atoms with Crippen LogP contribution in [0, 0.1) is 0 Å². The first-order chi connectivity index (χ1) is 11.8. The van der Waals surface area contributed by atoms with Crippen LogP contribution in [0.2, 0.25) is 0 Å². The highest BCUT2D eigenvalue weighted by molar-refractivity contribution is 5.91. The molecule has 1 atom stereocenters. The molecule has 0 fully saturated rings. The first kappa shape index (κ1) is 14.5. The summed E-state index contributed by atoms with van der Waals surface area (Å²) in [5, 5.41) is 5.16. The molecule has 5 nitrogen and oxygen atoms in total. The molecule has 0 aliphatic rings. The number of hydrogen-bond donors (Lipinski definition) is 1. The first-order valence-corrected chi connectivity index (χ1v) is 7.77. The number of pyridine rings is 2. The molecule has 0 bridgehead atoms. The molecule has 0 spiro atoms. The number of nitrogens with zero attached hydrogens (tertiary/aromatic N) is 3. The fraction of sp³-hybridized carbons (Fsp3) is 0.105. The van der Waals surface area contributed by atoms with E-state index in [9.17, 15) is 0 Å². The van der Waals surface area contributed by atoms with Crippen LogP contribution in [0.3, 0.4) is 0 Å². The van der Waals surface area contributed by atoms with Crippen molar-refractivity contribution in [1.82, 2.24) is 15.1 Å². The van der Waals surface area contributed by atoms with Crippen LogP contribution < -0.4 is 5.73 Å². The van der Waals surface area contributed by atoms with Gasteiger partial charge in [0, 0.05) is 36.1 Å². The quantitative estimate of drug-likeness (QED) is 0.623. The van der Waals surface area contributed by atoms with Gasteiger partial charge in [0.2, 0.25) is 0 Å². The zero-order chi connectivity index (χ0) is 16.4. The Morgan fingerprint density at radius 3 is 2.75 bits per heavy atom. The van der Waals surface area contributed by atoms with Crippen molar-refractivity contribution in [3.8, 4) is 11.3 Å². The summed E-state index contributed by atoms with van der Waals surface area (Å²) in [6.07, 6.45) is 5.85. The lowest BCUT2D eigenvalue weighted by Gasteiger charge is -2.15. The van der Waals surface area contributed by atoms with E-state index in [1.165, 1.54) is 0 Å². The van der Waals surface area contributed by atoms with Crippen molar-refractivity contribution in [2.24, 2.45) is 5.73 Å². The van der Waals surface area contributed by atoms with Gasteiger partial charge in [-0.2, -0.15) is 0 Å². The predicted octanol–water partition coefficient (Wildman–Crippen LogP) is 3.53. The van der Waals surface area contributed by atoms with Gasteiger partial charge < -0.3 is 10.3 Å². The van der Waals surface area contributed by atoms with Crippen molar-refractivity contribution in [3.05, 3.63) is 78.4 Å². The Hall–Kier alpha value is -3.05. The Balaban J connectivity index is 1.75. The van der Waals surface area contributed by atoms with Crippen molar-refractivity contribution < 1.29 is 4.52 Å². The lowest BCUT2D eigenvalue weighted by Crippen LogP contribution is -2.15. The van der Waals surface area contributed by atoms with Crippen LogP contribution >= 0.6 is 0 Å². The molecule has 5 heteroatoms. The van der Waals surface area contributed by atoms with Crippen molar-refractivity contribution in [2.45, 2.75) is 12.5 Å². The van der Waals surface area contributed by atoms with E-state index in [2.05, 4.69) is 15.1 Å². The van der Waals surface area contributed by atoms with Gasteiger partial charge in [-0.15, -0.1) is 0 Å². The SMILES string of the molecule is NC(Cc1ccccn1)c1ccccc1-c1noc2cnccc12. The first-order valence-electron chi connectivity index (χ1n) is 7.77. The summed E-state index contributed by atoms with van der Waals surface area (Å²) >= 11 is 0. The molecule has 118 valence electrons. The third-order valence-electron chi connectivity index (χ3n) is 4.05. The molecule has 1 unspecified atom stereocenters. The number of benzene rings is 1. The molecule has 0 aliphatic heterocycles. The molecule has 4 rings (SSSR count). The Kier molecular flexibility index (Phi) is 3.76. The minimum atomic E-state index is -0.176. The summed E-state index contributed by atoms with van der Waals surface area (Å²) in [7, 11) is 0. The molecule has 0 saturated carbocycles. The second-order valence-corrected chi connectivity index (χ2v) is 5.62. The molecule has 24 heavy (non-hydrogen) atoms. The summed E-state index contributed by atoms with van der Waals surface area (Å²) in [5.74, 6) is 0. The fourth-order valence-electron chi connectivity index (χ4n) is 2.88. The van der Waals surface area contributed by atoms with Gasteiger partial charge in [0.05, 0.1) is 11.6 Å². The van der Waals surface area contributed by atoms with Crippen LogP contribution in [0.25, 0.3) is 22.2 Å². The number of rotatable bonds is 4. The Morgan fingerprint density at radius 2 is 1.88 bits per heavy atom. The maximum atomic E-state index is 6.47. The summed E-state index contributed by atoms with van der Waals surface area (Å²) < 4.78 is 5.39. The average molecular weight is 316 g/mol. The molecule has 1 aromatic carbocycles. The number of hydrogen-bond acceptors (Lipinski definition) is 5. The number of aromatic nitrogens is 3.